The Morgan fingerprint density at radius 3 is 1.54 bits per heavy atom. The van der Waals surface area contributed by atoms with E-state index >= 15 is 0 Å². The third-order valence-electron chi connectivity index (χ3n) is 7.83. The fraction of sp³-hybridized carbons (Fsp3) is 0.912. The number of amides is 1. The van der Waals surface area contributed by atoms with Crippen molar-refractivity contribution in [1.82, 2.24) is 5.32 Å². The van der Waals surface area contributed by atoms with E-state index < -0.39 is 12.1 Å². The average Bonchev–Trinajstić information content (AvgIpc) is 2.94. The van der Waals surface area contributed by atoms with Crippen molar-refractivity contribution in [1.29, 1.82) is 0 Å². The van der Waals surface area contributed by atoms with E-state index in [1.54, 1.807) is 0 Å². The van der Waals surface area contributed by atoms with Gasteiger partial charge in [0.15, 0.2) is 0 Å². The van der Waals surface area contributed by atoms with Gasteiger partial charge in [-0.2, -0.15) is 0 Å². The van der Waals surface area contributed by atoms with Gasteiger partial charge >= 0.3 is 0 Å². The molecule has 0 bridgehead atoms. The van der Waals surface area contributed by atoms with Crippen molar-refractivity contribution in [2.45, 2.75) is 186 Å². The van der Waals surface area contributed by atoms with Crippen LogP contribution in [0, 0.1) is 0 Å². The van der Waals surface area contributed by atoms with Gasteiger partial charge in [0.25, 0.3) is 0 Å². The van der Waals surface area contributed by atoms with Crippen LogP contribution in [0.15, 0.2) is 12.2 Å². The lowest BCUT2D eigenvalue weighted by atomic mass is 10.0. The van der Waals surface area contributed by atoms with Gasteiger partial charge in [-0.05, 0) is 44.9 Å². The van der Waals surface area contributed by atoms with Gasteiger partial charge in [-0.15, -0.1) is 0 Å². The molecule has 0 rings (SSSR count). The lowest BCUT2D eigenvalue weighted by molar-refractivity contribution is -0.123. The third kappa shape index (κ3) is 28.4. The maximum Gasteiger partial charge on any atom is 0.220 e. The van der Waals surface area contributed by atoms with Crippen molar-refractivity contribution in [2.75, 3.05) is 13.2 Å². The van der Waals surface area contributed by atoms with E-state index in [1.165, 1.54) is 96.3 Å². The first kappa shape index (κ1) is 38.1. The van der Waals surface area contributed by atoms with Crippen molar-refractivity contribution in [3.63, 3.8) is 0 Å². The van der Waals surface area contributed by atoms with E-state index in [0.717, 1.165) is 57.8 Å². The Morgan fingerprint density at radius 1 is 0.615 bits per heavy atom. The maximum atomic E-state index is 12.3. The van der Waals surface area contributed by atoms with Crippen LogP contribution in [-0.2, 0) is 4.79 Å². The molecule has 0 aromatic rings. The zero-order valence-electron chi connectivity index (χ0n) is 25.9. The van der Waals surface area contributed by atoms with Crippen molar-refractivity contribution in [3.8, 4) is 0 Å². The van der Waals surface area contributed by atoms with Crippen LogP contribution in [-0.4, -0.2) is 46.6 Å². The van der Waals surface area contributed by atoms with E-state index in [9.17, 15) is 15.0 Å². The molecule has 232 valence electrons. The second kappa shape index (κ2) is 31.6. The first-order valence-electron chi connectivity index (χ1n) is 17.0. The Kier molecular flexibility index (Phi) is 30.9. The summed E-state index contributed by atoms with van der Waals surface area (Å²) < 4.78 is 0. The molecule has 0 aliphatic carbocycles. The number of hydrogen-bond donors (Lipinski definition) is 4. The van der Waals surface area contributed by atoms with Crippen LogP contribution < -0.4 is 5.32 Å². The van der Waals surface area contributed by atoms with Crippen LogP contribution in [0.25, 0.3) is 0 Å². The number of aliphatic hydroxyl groups excluding tert-OH is 3. The van der Waals surface area contributed by atoms with E-state index in [-0.39, 0.29) is 12.5 Å². The second-order valence-corrected chi connectivity index (χ2v) is 11.7. The van der Waals surface area contributed by atoms with Crippen LogP contribution in [0.5, 0.6) is 0 Å². The van der Waals surface area contributed by atoms with Crippen molar-refractivity contribution < 1.29 is 20.1 Å². The highest BCUT2D eigenvalue weighted by atomic mass is 16.3. The quantitative estimate of drug-likeness (QED) is 0.0511. The summed E-state index contributed by atoms with van der Waals surface area (Å²) in [6.07, 6.45) is 34.1. The molecule has 0 aromatic carbocycles. The maximum absolute atomic E-state index is 12.3. The number of aliphatic hydroxyl groups is 3. The summed E-state index contributed by atoms with van der Waals surface area (Å²) in [7, 11) is 0. The van der Waals surface area contributed by atoms with Crippen LogP contribution in [0.1, 0.15) is 174 Å². The Morgan fingerprint density at radius 2 is 1.05 bits per heavy atom. The van der Waals surface area contributed by atoms with Crippen molar-refractivity contribution in [3.05, 3.63) is 12.2 Å². The molecule has 0 heterocycles. The van der Waals surface area contributed by atoms with E-state index in [2.05, 4.69) is 24.4 Å². The van der Waals surface area contributed by atoms with E-state index in [4.69, 9.17) is 5.11 Å². The molecule has 0 aromatic heterocycles. The van der Waals surface area contributed by atoms with Gasteiger partial charge in [-0.1, -0.05) is 135 Å². The molecule has 0 aliphatic rings. The minimum atomic E-state index is -0.675. The predicted molar refractivity (Wildman–Crippen MR) is 167 cm³/mol. The predicted octanol–water partition coefficient (Wildman–Crippen LogP) is 8.54. The molecule has 0 radical (unpaired) electrons. The van der Waals surface area contributed by atoms with Gasteiger partial charge < -0.3 is 20.6 Å². The number of carbonyl (C=O) groups is 1. The summed E-state index contributed by atoms with van der Waals surface area (Å²) in [4.78, 5) is 12.3. The molecule has 2 unspecified atom stereocenters. The summed E-state index contributed by atoms with van der Waals surface area (Å²) in [6, 6.07) is -0.548. The van der Waals surface area contributed by atoms with Crippen molar-refractivity contribution in [2.24, 2.45) is 0 Å². The highest BCUT2D eigenvalue weighted by Crippen LogP contribution is 2.14. The van der Waals surface area contributed by atoms with Gasteiger partial charge in [0, 0.05) is 13.0 Å². The minimum Gasteiger partial charge on any atom is -0.396 e. The fourth-order valence-electron chi connectivity index (χ4n) is 5.16. The number of rotatable bonds is 31. The molecule has 39 heavy (non-hydrogen) atoms. The molecule has 4 N–H and O–H groups in total. The first-order chi connectivity index (χ1) is 19.2. The van der Waals surface area contributed by atoms with Gasteiger partial charge in [0.05, 0.1) is 18.8 Å². The molecule has 0 saturated carbocycles. The Bertz CT molecular complexity index is 525. The first-order valence-corrected chi connectivity index (χ1v) is 17.0. The highest BCUT2D eigenvalue weighted by molar-refractivity contribution is 5.76. The summed E-state index contributed by atoms with van der Waals surface area (Å²) in [5.41, 5.74) is 0. The number of unbranched alkanes of at least 4 members (excludes halogenated alkanes) is 21. The summed E-state index contributed by atoms with van der Waals surface area (Å²) in [5, 5.41) is 31.7. The zero-order valence-corrected chi connectivity index (χ0v) is 25.9. The van der Waals surface area contributed by atoms with Gasteiger partial charge in [-0.25, -0.2) is 0 Å². The summed E-state index contributed by atoms with van der Waals surface area (Å²) in [5.74, 6) is -0.0469. The van der Waals surface area contributed by atoms with E-state index in [1.807, 2.05) is 0 Å². The Hall–Kier alpha value is -0.910. The summed E-state index contributed by atoms with van der Waals surface area (Å²) in [6.45, 7) is 2.37. The fourth-order valence-corrected chi connectivity index (χ4v) is 5.16. The highest BCUT2D eigenvalue weighted by Gasteiger charge is 2.19. The standard InChI is InChI=1S/C34H67NO4/c1-2-3-4-5-6-7-8-10-14-17-20-23-26-29-34(39)35-32(31-37)33(38)28-25-22-19-16-13-11-9-12-15-18-21-24-27-30-36/h9,12,32-33,36-38H,2-8,10-11,13-31H2,1H3,(H,35,39). The molecule has 1 amide bonds. The SMILES string of the molecule is CCCCCCCCCCCCCCCC(=O)NC(CO)C(O)CCCCCCCC=CCCCCCCO. The topological polar surface area (TPSA) is 89.8 Å². The number of hydrogen-bond acceptors (Lipinski definition) is 4. The third-order valence-corrected chi connectivity index (χ3v) is 7.83. The monoisotopic (exact) mass is 554 g/mol. The van der Waals surface area contributed by atoms with Gasteiger partial charge in [-0.3, -0.25) is 4.79 Å². The van der Waals surface area contributed by atoms with Crippen molar-refractivity contribution >= 4 is 5.91 Å². The van der Waals surface area contributed by atoms with Crippen LogP contribution in [0.3, 0.4) is 0 Å². The number of allylic oxidation sites excluding steroid dienone is 2. The molecule has 0 aliphatic heterocycles. The molecule has 0 spiro atoms. The zero-order chi connectivity index (χ0) is 28.7. The molecule has 0 saturated heterocycles. The largest absolute Gasteiger partial charge is 0.396 e. The van der Waals surface area contributed by atoms with Crippen LogP contribution in [0.2, 0.25) is 0 Å². The van der Waals surface area contributed by atoms with E-state index in [0.29, 0.717) is 19.4 Å². The summed E-state index contributed by atoms with van der Waals surface area (Å²) >= 11 is 0. The van der Waals surface area contributed by atoms with Gasteiger partial charge in [0.2, 0.25) is 5.91 Å². The number of nitrogens with one attached hydrogen (secondary N) is 1. The molecule has 5 heteroatoms. The molecule has 2 atom stereocenters. The molecular weight excluding hydrogens is 486 g/mol. The smallest absolute Gasteiger partial charge is 0.220 e. The minimum absolute atomic E-state index is 0.0469. The van der Waals surface area contributed by atoms with Gasteiger partial charge in [0.1, 0.15) is 0 Å². The van der Waals surface area contributed by atoms with Crippen LogP contribution >= 0.6 is 0 Å². The normalized spacial score (nSPS) is 13.2. The molecule has 5 nitrogen and oxygen atoms in total. The lowest BCUT2D eigenvalue weighted by Gasteiger charge is -2.22. The lowest BCUT2D eigenvalue weighted by Crippen LogP contribution is -2.45. The Labute approximate surface area is 242 Å². The second-order valence-electron chi connectivity index (χ2n) is 11.7. The number of carbonyl (C=O) groups excluding carboxylic acids is 1. The van der Waals surface area contributed by atoms with Crippen LogP contribution in [0.4, 0.5) is 0 Å². The molecule has 0 fully saturated rings. The molecular formula is C34H67NO4. The Balaban J connectivity index is 3.59. The average molecular weight is 554 g/mol.